The van der Waals surface area contributed by atoms with Crippen molar-refractivity contribution in [3.63, 3.8) is 0 Å². The highest BCUT2D eigenvalue weighted by atomic mass is 32.2. The van der Waals surface area contributed by atoms with Gasteiger partial charge in [0, 0.05) is 5.75 Å². The number of hydrogen-bond donors (Lipinski definition) is 1. The molecule has 0 radical (unpaired) electrons. The van der Waals surface area contributed by atoms with Gasteiger partial charge in [0.15, 0.2) is 12.2 Å². The number of ether oxygens (including phenoxy) is 1. The molecule has 2 rings (SSSR count). The van der Waals surface area contributed by atoms with Crippen molar-refractivity contribution >= 4 is 22.8 Å². The average Bonchev–Trinajstić information content (AvgIpc) is 3.07. The van der Waals surface area contributed by atoms with Crippen molar-refractivity contribution in [2.45, 2.75) is 18.0 Å². The summed E-state index contributed by atoms with van der Waals surface area (Å²) in [5.41, 5.74) is 6.07. The molecule has 2 atom stereocenters. The van der Waals surface area contributed by atoms with Gasteiger partial charge >= 0.3 is 0 Å². The van der Waals surface area contributed by atoms with Crippen molar-refractivity contribution in [1.29, 1.82) is 0 Å². The summed E-state index contributed by atoms with van der Waals surface area (Å²) >= 11 is 1.15. The molecule has 1 aliphatic heterocycles. The van der Waals surface area contributed by atoms with E-state index < -0.39 is 18.1 Å². The Hall–Kier alpha value is -1.33. The molecule has 0 aromatic heterocycles. The first-order chi connectivity index (χ1) is 7.68. The Kier molecular flexibility index (Phi) is 3.26. The number of amides is 1. The van der Waals surface area contributed by atoms with Gasteiger partial charge in [-0.05, 0) is 5.56 Å². The molecule has 1 fully saturated rings. The van der Waals surface area contributed by atoms with Crippen LogP contribution in [-0.4, -0.2) is 23.2 Å². The first-order valence-corrected chi connectivity index (χ1v) is 5.82. The van der Waals surface area contributed by atoms with Crippen LogP contribution in [-0.2, 0) is 20.1 Å². The summed E-state index contributed by atoms with van der Waals surface area (Å²) in [7, 11) is 0. The molecule has 1 saturated heterocycles. The Morgan fingerprint density at radius 1 is 1.25 bits per heavy atom. The summed E-state index contributed by atoms with van der Waals surface area (Å²) in [6.07, 6.45) is -1.35. The highest BCUT2D eigenvalue weighted by Crippen LogP contribution is 2.28. The third-order valence-electron chi connectivity index (χ3n) is 2.23. The van der Waals surface area contributed by atoms with Crippen LogP contribution in [0.1, 0.15) is 5.56 Å². The maximum absolute atomic E-state index is 11.5. The quantitative estimate of drug-likeness (QED) is 0.782. The second kappa shape index (κ2) is 4.67. The van der Waals surface area contributed by atoms with Crippen LogP contribution in [0, 0.1) is 0 Å². The first-order valence-electron chi connectivity index (χ1n) is 4.84. The molecule has 1 heterocycles. The van der Waals surface area contributed by atoms with Crippen molar-refractivity contribution < 1.29 is 14.3 Å². The maximum Gasteiger partial charge on any atom is 0.249 e. The van der Waals surface area contributed by atoms with Gasteiger partial charge in [0.25, 0.3) is 0 Å². The van der Waals surface area contributed by atoms with Crippen LogP contribution < -0.4 is 5.73 Å². The lowest BCUT2D eigenvalue weighted by Crippen LogP contribution is -2.22. The fourth-order valence-corrected chi connectivity index (χ4v) is 2.16. The number of rotatable bonds is 4. The third kappa shape index (κ3) is 2.62. The van der Waals surface area contributed by atoms with Crippen molar-refractivity contribution in [2.24, 2.45) is 5.73 Å². The molecule has 1 amide bonds. The standard InChI is InChI=1S/C11H11NO3S/c12-10(13)8-9(15-8)11(14)16-6-7-4-2-1-3-5-7/h1-5,8-9H,6H2,(H2,12,13). The second-order valence-corrected chi connectivity index (χ2v) is 4.45. The minimum absolute atomic E-state index is 0.132. The van der Waals surface area contributed by atoms with Crippen molar-refractivity contribution in [3.05, 3.63) is 35.9 Å². The molecule has 0 aliphatic carbocycles. The smallest absolute Gasteiger partial charge is 0.249 e. The van der Waals surface area contributed by atoms with Gasteiger partial charge in [-0.3, -0.25) is 9.59 Å². The van der Waals surface area contributed by atoms with E-state index in [0.717, 1.165) is 17.3 Å². The molecule has 2 unspecified atom stereocenters. The van der Waals surface area contributed by atoms with Gasteiger partial charge in [-0.15, -0.1) is 0 Å². The van der Waals surface area contributed by atoms with Crippen LogP contribution in [0.25, 0.3) is 0 Å². The summed E-state index contributed by atoms with van der Waals surface area (Å²) in [6.45, 7) is 0. The Morgan fingerprint density at radius 2 is 1.94 bits per heavy atom. The molecule has 0 spiro atoms. The van der Waals surface area contributed by atoms with E-state index >= 15 is 0 Å². The van der Waals surface area contributed by atoms with E-state index in [1.54, 1.807) is 0 Å². The third-order valence-corrected chi connectivity index (χ3v) is 3.22. The van der Waals surface area contributed by atoms with Gasteiger partial charge in [0.1, 0.15) is 0 Å². The molecule has 84 valence electrons. The van der Waals surface area contributed by atoms with Gasteiger partial charge < -0.3 is 10.5 Å². The predicted octanol–water partition coefficient (Wildman–Crippen LogP) is 0.699. The molecule has 1 aromatic rings. The lowest BCUT2D eigenvalue weighted by atomic mass is 10.2. The Morgan fingerprint density at radius 3 is 2.50 bits per heavy atom. The number of carbonyl (C=O) groups excluding carboxylic acids is 2. The molecule has 0 bridgehead atoms. The van der Waals surface area contributed by atoms with Crippen LogP contribution in [0.15, 0.2) is 30.3 Å². The average molecular weight is 237 g/mol. The topological polar surface area (TPSA) is 72.7 Å². The van der Waals surface area contributed by atoms with E-state index in [0.29, 0.717) is 5.75 Å². The zero-order valence-electron chi connectivity index (χ0n) is 8.46. The molecular weight excluding hydrogens is 226 g/mol. The lowest BCUT2D eigenvalue weighted by molar-refractivity contribution is -0.119. The molecule has 0 saturated carbocycles. The number of epoxide rings is 1. The number of carbonyl (C=O) groups is 2. The second-order valence-electron chi connectivity index (χ2n) is 3.47. The number of hydrogen-bond acceptors (Lipinski definition) is 4. The zero-order chi connectivity index (χ0) is 11.5. The number of nitrogens with two attached hydrogens (primary N) is 1. The molecule has 1 aromatic carbocycles. The van der Waals surface area contributed by atoms with E-state index in [1.807, 2.05) is 30.3 Å². The number of benzene rings is 1. The van der Waals surface area contributed by atoms with Crippen molar-refractivity contribution in [1.82, 2.24) is 0 Å². The van der Waals surface area contributed by atoms with E-state index in [-0.39, 0.29) is 5.12 Å². The number of primary amides is 1. The van der Waals surface area contributed by atoms with Gasteiger partial charge in [0.2, 0.25) is 11.0 Å². The Bertz CT molecular complexity index is 407. The molecular formula is C11H11NO3S. The SMILES string of the molecule is NC(=O)C1OC1C(=O)SCc1ccccc1. The zero-order valence-corrected chi connectivity index (χ0v) is 9.28. The van der Waals surface area contributed by atoms with Gasteiger partial charge in [-0.25, -0.2) is 0 Å². The van der Waals surface area contributed by atoms with Crippen LogP contribution in [0.3, 0.4) is 0 Å². The largest absolute Gasteiger partial charge is 0.367 e. The van der Waals surface area contributed by atoms with Gasteiger partial charge in [-0.2, -0.15) is 0 Å². The Labute approximate surface area is 97.1 Å². The summed E-state index contributed by atoms with van der Waals surface area (Å²) in [4.78, 5) is 22.2. The summed E-state index contributed by atoms with van der Waals surface area (Å²) in [5.74, 6) is 0.0176. The monoisotopic (exact) mass is 237 g/mol. The van der Waals surface area contributed by atoms with Crippen LogP contribution in [0.4, 0.5) is 0 Å². The lowest BCUT2D eigenvalue weighted by Gasteiger charge is -1.98. The van der Waals surface area contributed by atoms with Gasteiger partial charge in [-0.1, -0.05) is 42.1 Å². The molecule has 4 nitrogen and oxygen atoms in total. The van der Waals surface area contributed by atoms with Crippen molar-refractivity contribution in [3.8, 4) is 0 Å². The summed E-state index contributed by atoms with van der Waals surface area (Å²) in [6, 6.07) is 9.64. The van der Waals surface area contributed by atoms with E-state index in [4.69, 9.17) is 10.5 Å². The fraction of sp³-hybridized carbons (Fsp3) is 0.273. The highest BCUT2D eigenvalue weighted by Gasteiger charge is 2.49. The normalized spacial score (nSPS) is 22.8. The minimum Gasteiger partial charge on any atom is -0.367 e. The van der Waals surface area contributed by atoms with Gasteiger partial charge in [0.05, 0.1) is 0 Å². The highest BCUT2D eigenvalue weighted by molar-refractivity contribution is 8.13. The summed E-state index contributed by atoms with van der Waals surface area (Å²) in [5, 5.41) is -0.132. The fourth-order valence-electron chi connectivity index (χ4n) is 1.32. The van der Waals surface area contributed by atoms with Crippen LogP contribution >= 0.6 is 11.8 Å². The van der Waals surface area contributed by atoms with Crippen molar-refractivity contribution in [2.75, 3.05) is 0 Å². The van der Waals surface area contributed by atoms with E-state index in [9.17, 15) is 9.59 Å². The number of thioether (sulfide) groups is 1. The molecule has 5 heteroatoms. The van der Waals surface area contributed by atoms with E-state index in [2.05, 4.69) is 0 Å². The minimum atomic E-state index is -0.712. The first kappa shape index (κ1) is 11.2. The van der Waals surface area contributed by atoms with E-state index in [1.165, 1.54) is 0 Å². The maximum atomic E-state index is 11.5. The molecule has 1 aliphatic rings. The van der Waals surface area contributed by atoms with Crippen LogP contribution in [0.2, 0.25) is 0 Å². The predicted molar refractivity (Wildman–Crippen MR) is 60.6 cm³/mol. The molecule has 16 heavy (non-hydrogen) atoms. The van der Waals surface area contributed by atoms with Crippen LogP contribution in [0.5, 0.6) is 0 Å². The molecule has 2 N–H and O–H groups in total. The Balaban J connectivity index is 1.80. The summed E-state index contributed by atoms with van der Waals surface area (Å²) < 4.78 is 4.88.